The van der Waals surface area contributed by atoms with E-state index in [0.29, 0.717) is 6.54 Å². The Morgan fingerprint density at radius 3 is 2.69 bits per heavy atom. The van der Waals surface area contributed by atoms with Gasteiger partial charge >= 0.3 is 0 Å². The maximum atomic E-state index is 6.14. The first-order valence-electron chi connectivity index (χ1n) is 4.77. The average Bonchev–Trinajstić information content (AvgIpc) is 2.90. The highest BCUT2D eigenvalue weighted by atomic mass is 35.5. The molecule has 2 N–H and O–H groups in total. The highest BCUT2D eigenvalue weighted by Gasteiger charge is 2.30. The summed E-state index contributed by atoms with van der Waals surface area (Å²) in [6.45, 7) is 2.79. The van der Waals surface area contributed by atoms with E-state index in [1.807, 2.05) is 0 Å². The van der Waals surface area contributed by atoms with E-state index in [4.69, 9.17) is 17.3 Å². The van der Waals surface area contributed by atoms with Crippen LogP contribution in [-0.4, -0.2) is 0 Å². The summed E-state index contributed by atoms with van der Waals surface area (Å²) in [5.41, 5.74) is 8.41. The highest BCUT2D eigenvalue weighted by molar-refractivity contribution is 7.16. The van der Waals surface area contributed by atoms with E-state index in [-0.39, 0.29) is 0 Å². The maximum Gasteiger partial charge on any atom is 0.0979 e. The molecule has 0 radical (unpaired) electrons. The molecule has 72 valence electrons. The number of hydrogen-bond acceptors (Lipinski definition) is 2. The predicted molar refractivity (Wildman–Crippen MR) is 58.6 cm³/mol. The van der Waals surface area contributed by atoms with Gasteiger partial charge in [0.1, 0.15) is 0 Å². The lowest BCUT2D eigenvalue weighted by Gasteiger charge is -2.02. The second kappa shape index (κ2) is 3.60. The van der Waals surface area contributed by atoms with Gasteiger partial charge < -0.3 is 5.73 Å². The minimum atomic E-state index is 0.598. The molecule has 1 aromatic rings. The zero-order chi connectivity index (χ0) is 9.42. The Morgan fingerprint density at radius 2 is 2.23 bits per heavy atom. The predicted octanol–water partition coefficient (Wildman–Crippen LogP) is 3.30. The quantitative estimate of drug-likeness (QED) is 0.823. The Morgan fingerprint density at radius 1 is 1.54 bits per heavy atom. The molecule has 1 nitrogen and oxygen atoms in total. The van der Waals surface area contributed by atoms with Gasteiger partial charge in [-0.25, -0.2) is 0 Å². The van der Waals surface area contributed by atoms with Crippen molar-refractivity contribution in [3.63, 3.8) is 0 Å². The fraction of sp³-hybridized carbons (Fsp3) is 0.600. The molecule has 13 heavy (non-hydrogen) atoms. The van der Waals surface area contributed by atoms with Gasteiger partial charge in [0.25, 0.3) is 0 Å². The summed E-state index contributed by atoms with van der Waals surface area (Å²) in [6.07, 6.45) is 3.75. The first-order chi connectivity index (χ1) is 6.27. The van der Waals surface area contributed by atoms with Crippen molar-refractivity contribution in [1.29, 1.82) is 0 Å². The molecule has 1 aliphatic carbocycles. The van der Waals surface area contributed by atoms with Gasteiger partial charge in [-0.15, -0.1) is 11.3 Å². The topological polar surface area (TPSA) is 26.0 Å². The Bertz CT molecular complexity index is 315. The normalized spacial score (nSPS) is 16.5. The van der Waals surface area contributed by atoms with Gasteiger partial charge in [0.05, 0.1) is 4.34 Å². The third-order valence-corrected chi connectivity index (χ3v) is 4.23. The summed E-state index contributed by atoms with van der Waals surface area (Å²) in [4.78, 5) is 1.45. The Kier molecular flexibility index (Phi) is 2.63. The van der Waals surface area contributed by atoms with Gasteiger partial charge in [0, 0.05) is 11.4 Å². The largest absolute Gasteiger partial charge is 0.326 e. The minimum absolute atomic E-state index is 0.598. The smallest absolute Gasteiger partial charge is 0.0979 e. The number of rotatable bonds is 3. The molecule has 0 atom stereocenters. The molecule has 0 aliphatic heterocycles. The van der Waals surface area contributed by atoms with Crippen LogP contribution in [0, 0.1) is 0 Å². The van der Waals surface area contributed by atoms with E-state index in [0.717, 1.165) is 16.7 Å². The number of aryl methyl sites for hydroxylation is 1. The van der Waals surface area contributed by atoms with E-state index in [9.17, 15) is 0 Å². The maximum absolute atomic E-state index is 6.14. The summed E-state index contributed by atoms with van der Waals surface area (Å²) in [5.74, 6) is 0.775. The zero-order valence-corrected chi connectivity index (χ0v) is 9.34. The van der Waals surface area contributed by atoms with Crippen LogP contribution in [-0.2, 0) is 13.0 Å². The van der Waals surface area contributed by atoms with Crippen LogP contribution < -0.4 is 5.73 Å². The van der Waals surface area contributed by atoms with Crippen LogP contribution in [0.4, 0.5) is 0 Å². The van der Waals surface area contributed by atoms with Crippen LogP contribution >= 0.6 is 22.9 Å². The van der Waals surface area contributed by atoms with Crippen molar-refractivity contribution in [2.24, 2.45) is 5.73 Å². The molecule has 1 heterocycles. The molecule has 1 fully saturated rings. The van der Waals surface area contributed by atoms with Gasteiger partial charge in [-0.2, -0.15) is 0 Å². The van der Waals surface area contributed by atoms with Gasteiger partial charge in [0.15, 0.2) is 0 Å². The van der Waals surface area contributed by atoms with Crippen LogP contribution in [0.15, 0.2) is 0 Å². The summed E-state index contributed by atoms with van der Waals surface area (Å²) < 4.78 is 0.918. The van der Waals surface area contributed by atoms with Crippen LogP contribution in [0.3, 0.4) is 0 Å². The van der Waals surface area contributed by atoms with Crippen molar-refractivity contribution >= 4 is 22.9 Å². The summed E-state index contributed by atoms with van der Waals surface area (Å²) in [6, 6.07) is 0. The molecular formula is C10H14ClNS. The lowest BCUT2D eigenvalue weighted by molar-refractivity contribution is 0.985. The van der Waals surface area contributed by atoms with Crippen LogP contribution in [0.25, 0.3) is 0 Å². The van der Waals surface area contributed by atoms with Crippen molar-refractivity contribution in [3.05, 3.63) is 20.3 Å². The second-order valence-electron chi connectivity index (χ2n) is 3.52. The first-order valence-corrected chi connectivity index (χ1v) is 5.97. The van der Waals surface area contributed by atoms with E-state index < -0.39 is 0 Å². The fourth-order valence-electron chi connectivity index (χ4n) is 1.80. The van der Waals surface area contributed by atoms with Crippen LogP contribution in [0.5, 0.6) is 0 Å². The molecular weight excluding hydrogens is 202 g/mol. The van der Waals surface area contributed by atoms with Crippen molar-refractivity contribution < 1.29 is 0 Å². The van der Waals surface area contributed by atoms with Gasteiger partial charge in [0.2, 0.25) is 0 Å². The Balaban J connectivity index is 2.45. The van der Waals surface area contributed by atoms with Gasteiger partial charge in [-0.3, -0.25) is 0 Å². The third kappa shape index (κ3) is 1.63. The molecule has 2 rings (SSSR count). The van der Waals surface area contributed by atoms with Crippen LogP contribution in [0.2, 0.25) is 4.34 Å². The van der Waals surface area contributed by atoms with Gasteiger partial charge in [-0.1, -0.05) is 18.5 Å². The molecule has 3 heteroatoms. The van der Waals surface area contributed by atoms with Crippen molar-refractivity contribution in [1.82, 2.24) is 0 Å². The number of hydrogen-bond donors (Lipinski definition) is 1. The summed E-state index contributed by atoms with van der Waals surface area (Å²) >= 11 is 7.86. The molecule has 0 saturated heterocycles. The molecule has 1 aliphatic rings. The molecule has 1 aromatic heterocycles. The van der Waals surface area contributed by atoms with E-state index >= 15 is 0 Å². The second-order valence-corrected chi connectivity index (χ2v) is 5.23. The monoisotopic (exact) mass is 215 g/mol. The Labute approximate surface area is 87.9 Å². The van der Waals surface area contributed by atoms with Gasteiger partial charge in [-0.05, 0) is 36.3 Å². The van der Waals surface area contributed by atoms with Crippen molar-refractivity contribution in [2.45, 2.75) is 38.6 Å². The number of thiophene rings is 1. The fourth-order valence-corrected chi connectivity index (χ4v) is 3.33. The third-order valence-electron chi connectivity index (χ3n) is 2.59. The molecule has 0 aromatic carbocycles. The van der Waals surface area contributed by atoms with Crippen molar-refractivity contribution in [2.75, 3.05) is 0 Å². The summed E-state index contributed by atoms with van der Waals surface area (Å²) in [5, 5.41) is 0. The molecule has 0 spiro atoms. The molecule has 1 saturated carbocycles. The van der Waals surface area contributed by atoms with Crippen molar-refractivity contribution in [3.8, 4) is 0 Å². The standard InChI is InChI=1S/C10H14ClNS/c1-2-8-9(6-3-4-6)7(5-12)10(11)13-8/h6H,2-5,12H2,1H3. The number of nitrogens with two attached hydrogens (primary N) is 1. The summed E-state index contributed by atoms with van der Waals surface area (Å²) in [7, 11) is 0. The molecule has 0 unspecified atom stereocenters. The lowest BCUT2D eigenvalue weighted by Crippen LogP contribution is -1.99. The SMILES string of the molecule is CCc1sc(Cl)c(CN)c1C1CC1. The Hall–Kier alpha value is -0.0500. The molecule has 0 amide bonds. The number of halogens is 1. The molecule has 0 bridgehead atoms. The lowest BCUT2D eigenvalue weighted by atomic mass is 10.1. The van der Waals surface area contributed by atoms with Crippen LogP contribution in [0.1, 0.15) is 41.7 Å². The van der Waals surface area contributed by atoms with E-state index in [1.165, 1.54) is 28.8 Å². The average molecular weight is 216 g/mol. The zero-order valence-electron chi connectivity index (χ0n) is 7.77. The highest BCUT2D eigenvalue weighted by Crippen LogP contribution is 2.48. The van der Waals surface area contributed by atoms with E-state index in [1.54, 1.807) is 11.3 Å². The minimum Gasteiger partial charge on any atom is -0.326 e. The first kappa shape index (κ1) is 9.50. The van der Waals surface area contributed by atoms with E-state index in [2.05, 4.69) is 6.92 Å².